The number of likely N-dealkylation sites (N-methyl/N-ethyl adjacent to an activating group) is 1. The van der Waals surface area contributed by atoms with E-state index in [9.17, 15) is 5.11 Å². The van der Waals surface area contributed by atoms with Gasteiger partial charge in [0.05, 0.1) is 5.60 Å². The maximum atomic E-state index is 10.6. The van der Waals surface area contributed by atoms with E-state index in [0.717, 1.165) is 52.1 Å². The van der Waals surface area contributed by atoms with Gasteiger partial charge in [0.2, 0.25) is 0 Å². The molecule has 0 aromatic carbocycles. The predicted molar refractivity (Wildman–Crippen MR) is 70.2 cm³/mol. The third-order valence-electron chi connectivity index (χ3n) is 4.38. The van der Waals surface area contributed by atoms with Crippen LogP contribution in [-0.2, 0) is 0 Å². The average Bonchev–Trinajstić information content (AvgIpc) is 2.32. The van der Waals surface area contributed by atoms with Crippen molar-refractivity contribution in [1.82, 2.24) is 15.1 Å². The third kappa shape index (κ3) is 3.41. The maximum Gasteiger partial charge on any atom is 0.0798 e. The molecule has 0 aromatic rings. The van der Waals surface area contributed by atoms with Gasteiger partial charge >= 0.3 is 0 Å². The number of rotatable bonds is 3. The number of nitrogens with one attached hydrogen (secondary N) is 1. The van der Waals surface area contributed by atoms with E-state index in [-0.39, 0.29) is 0 Å². The Hall–Kier alpha value is -0.160. The molecule has 2 aliphatic heterocycles. The van der Waals surface area contributed by atoms with Crippen molar-refractivity contribution >= 4 is 0 Å². The van der Waals surface area contributed by atoms with Gasteiger partial charge in [0, 0.05) is 32.2 Å². The van der Waals surface area contributed by atoms with Crippen LogP contribution in [-0.4, -0.2) is 72.9 Å². The molecule has 2 N–H and O–H groups in total. The molecule has 1 unspecified atom stereocenters. The van der Waals surface area contributed by atoms with Gasteiger partial charge in [-0.25, -0.2) is 0 Å². The molecule has 0 saturated carbocycles. The van der Waals surface area contributed by atoms with E-state index in [4.69, 9.17) is 0 Å². The normalized spacial score (nSPS) is 31.6. The minimum atomic E-state index is -0.445. The van der Waals surface area contributed by atoms with Crippen LogP contribution < -0.4 is 5.32 Å². The molecule has 0 aliphatic carbocycles. The number of nitrogens with zero attached hydrogens (tertiary/aromatic N) is 2. The zero-order chi connectivity index (χ0) is 12.3. The van der Waals surface area contributed by atoms with Gasteiger partial charge in [-0.2, -0.15) is 0 Å². The van der Waals surface area contributed by atoms with Gasteiger partial charge in [-0.1, -0.05) is 6.92 Å². The number of aliphatic hydroxyl groups is 1. The molecule has 1 atom stereocenters. The molecule has 2 saturated heterocycles. The summed E-state index contributed by atoms with van der Waals surface area (Å²) in [5.74, 6) is 0. The van der Waals surface area contributed by atoms with Crippen molar-refractivity contribution < 1.29 is 5.11 Å². The molecule has 0 radical (unpaired) electrons. The molecule has 0 spiro atoms. The fourth-order valence-corrected chi connectivity index (χ4v) is 3.06. The van der Waals surface area contributed by atoms with Crippen molar-refractivity contribution in [3.63, 3.8) is 0 Å². The van der Waals surface area contributed by atoms with E-state index in [1.165, 1.54) is 6.42 Å². The van der Waals surface area contributed by atoms with E-state index in [1.807, 2.05) is 0 Å². The average molecular weight is 241 g/mol. The Kier molecular flexibility index (Phi) is 4.42. The van der Waals surface area contributed by atoms with Gasteiger partial charge < -0.3 is 15.3 Å². The van der Waals surface area contributed by atoms with Crippen LogP contribution in [0.15, 0.2) is 0 Å². The van der Waals surface area contributed by atoms with Crippen LogP contribution in [0, 0.1) is 0 Å². The lowest BCUT2D eigenvalue weighted by Gasteiger charge is -2.43. The van der Waals surface area contributed by atoms with Crippen molar-refractivity contribution in [2.24, 2.45) is 0 Å². The van der Waals surface area contributed by atoms with Gasteiger partial charge in [0.15, 0.2) is 0 Å². The molecular formula is C13H27N3O. The summed E-state index contributed by atoms with van der Waals surface area (Å²) in [5, 5.41) is 13.9. The zero-order valence-corrected chi connectivity index (χ0v) is 11.3. The van der Waals surface area contributed by atoms with Crippen molar-refractivity contribution in [2.75, 3.05) is 46.3 Å². The Morgan fingerprint density at radius 2 is 2.00 bits per heavy atom. The number of β-amino-alcohol motifs (C(OH)–C–C–N with tert-alkyl or cyclic N) is 1. The molecule has 2 rings (SSSR count). The molecule has 0 aromatic heterocycles. The second-order valence-corrected chi connectivity index (χ2v) is 5.75. The van der Waals surface area contributed by atoms with Crippen LogP contribution in [0.4, 0.5) is 0 Å². The van der Waals surface area contributed by atoms with Gasteiger partial charge in [0.25, 0.3) is 0 Å². The number of piperazine rings is 1. The summed E-state index contributed by atoms with van der Waals surface area (Å²) >= 11 is 0. The van der Waals surface area contributed by atoms with Crippen LogP contribution in [0.25, 0.3) is 0 Å². The number of piperidine rings is 1. The fraction of sp³-hybridized carbons (Fsp3) is 1.00. The molecule has 17 heavy (non-hydrogen) atoms. The quantitative estimate of drug-likeness (QED) is 0.736. The number of hydrogen-bond acceptors (Lipinski definition) is 4. The van der Waals surface area contributed by atoms with E-state index < -0.39 is 5.60 Å². The lowest BCUT2D eigenvalue weighted by atomic mass is 9.91. The summed E-state index contributed by atoms with van der Waals surface area (Å²) in [6, 6.07) is 0.661. The van der Waals surface area contributed by atoms with E-state index in [1.54, 1.807) is 0 Å². The summed E-state index contributed by atoms with van der Waals surface area (Å²) in [6.45, 7) is 8.38. The second-order valence-electron chi connectivity index (χ2n) is 5.75. The highest BCUT2D eigenvalue weighted by atomic mass is 16.3. The highest BCUT2D eigenvalue weighted by Crippen LogP contribution is 2.21. The Balaban J connectivity index is 1.86. The van der Waals surface area contributed by atoms with Crippen LogP contribution in [0.2, 0.25) is 0 Å². The second kappa shape index (κ2) is 5.65. The summed E-state index contributed by atoms with van der Waals surface area (Å²) in [7, 11) is 2.21. The molecule has 0 amide bonds. The molecule has 100 valence electrons. The first-order valence-electron chi connectivity index (χ1n) is 6.99. The van der Waals surface area contributed by atoms with Crippen LogP contribution >= 0.6 is 0 Å². The van der Waals surface area contributed by atoms with Gasteiger partial charge in [-0.15, -0.1) is 0 Å². The van der Waals surface area contributed by atoms with Crippen molar-refractivity contribution in [3.05, 3.63) is 0 Å². The molecule has 4 heteroatoms. The first-order chi connectivity index (χ1) is 8.13. The Labute approximate surface area is 105 Å². The van der Waals surface area contributed by atoms with E-state index >= 15 is 0 Å². The standard InChI is InChI=1S/C13H27N3O/c1-3-12-10-16(9-8-15(12)2)11-13(17)4-6-14-7-5-13/h12,14,17H,3-11H2,1-2H3. The third-order valence-corrected chi connectivity index (χ3v) is 4.38. The first kappa shape index (κ1) is 13.3. The van der Waals surface area contributed by atoms with Gasteiger partial charge in [-0.05, 0) is 39.4 Å². The van der Waals surface area contributed by atoms with Crippen LogP contribution in [0.1, 0.15) is 26.2 Å². The highest BCUT2D eigenvalue weighted by Gasteiger charge is 2.33. The molecule has 2 aliphatic rings. The molecule has 4 nitrogen and oxygen atoms in total. The Morgan fingerprint density at radius 1 is 1.29 bits per heavy atom. The summed E-state index contributed by atoms with van der Waals surface area (Å²) in [5.41, 5.74) is -0.445. The minimum Gasteiger partial charge on any atom is -0.388 e. The van der Waals surface area contributed by atoms with Crippen molar-refractivity contribution in [1.29, 1.82) is 0 Å². The highest BCUT2D eigenvalue weighted by molar-refractivity contribution is 4.90. The zero-order valence-electron chi connectivity index (χ0n) is 11.3. The lowest BCUT2D eigenvalue weighted by Crippen LogP contribution is -2.57. The Morgan fingerprint density at radius 3 is 2.65 bits per heavy atom. The van der Waals surface area contributed by atoms with Gasteiger partial charge in [0.1, 0.15) is 0 Å². The van der Waals surface area contributed by atoms with Crippen molar-refractivity contribution in [2.45, 2.75) is 37.8 Å². The minimum absolute atomic E-state index is 0.445. The first-order valence-corrected chi connectivity index (χ1v) is 6.99. The SMILES string of the molecule is CCC1CN(CC2(O)CCNCC2)CCN1C. The lowest BCUT2D eigenvalue weighted by molar-refractivity contribution is -0.0370. The van der Waals surface area contributed by atoms with Crippen LogP contribution in [0.5, 0.6) is 0 Å². The summed E-state index contributed by atoms with van der Waals surface area (Å²) in [6.07, 6.45) is 3.00. The van der Waals surface area contributed by atoms with Crippen molar-refractivity contribution in [3.8, 4) is 0 Å². The smallest absolute Gasteiger partial charge is 0.0798 e. The molecule has 2 fully saturated rings. The Bertz CT molecular complexity index is 241. The number of hydrogen-bond donors (Lipinski definition) is 2. The molecule has 0 bridgehead atoms. The predicted octanol–water partition coefficient (Wildman–Crippen LogP) is 0.127. The van der Waals surface area contributed by atoms with E-state index in [0.29, 0.717) is 6.04 Å². The van der Waals surface area contributed by atoms with Crippen LogP contribution in [0.3, 0.4) is 0 Å². The monoisotopic (exact) mass is 241 g/mol. The molecule has 2 heterocycles. The molecular weight excluding hydrogens is 214 g/mol. The van der Waals surface area contributed by atoms with E-state index in [2.05, 4.69) is 29.1 Å². The summed E-state index contributed by atoms with van der Waals surface area (Å²) < 4.78 is 0. The summed E-state index contributed by atoms with van der Waals surface area (Å²) in [4.78, 5) is 4.91. The van der Waals surface area contributed by atoms with Gasteiger partial charge in [-0.3, -0.25) is 4.90 Å². The fourth-order valence-electron chi connectivity index (χ4n) is 3.06. The largest absolute Gasteiger partial charge is 0.388 e. The maximum absolute atomic E-state index is 10.6. The topological polar surface area (TPSA) is 38.7 Å².